The molecule has 0 bridgehead atoms. The summed E-state index contributed by atoms with van der Waals surface area (Å²) in [4.78, 5) is 12.5. The van der Waals surface area contributed by atoms with Crippen LogP contribution in [0, 0.1) is 0 Å². The zero-order chi connectivity index (χ0) is 18.2. The molecule has 0 fully saturated rings. The Morgan fingerprint density at radius 2 is 1.92 bits per heavy atom. The molecule has 6 nitrogen and oxygen atoms in total. The first kappa shape index (κ1) is 20.6. The number of benzene rings is 1. The first-order valence-corrected chi connectivity index (χ1v) is 9.95. The molecule has 3 N–H and O–H groups in total. The number of carbonyl (C=O) groups excluding carboxylic acids is 1. The van der Waals surface area contributed by atoms with Gasteiger partial charge in [-0.1, -0.05) is 39.7 Å². The molecule has 0 aliphatic rings. The van der Waals surface area contributed by atoms with Crippen molar-refractivity contribution >= 4 is 15.9 Å². The third-order valence-electron chi connectivity index (χ3n) is 3.97. The topological polar surface area (TPSA) is 92.5 Å². The number of hydrogen-bond donors (Lipinski definition) is 2. The van der Waals surface area contributed by atoms with E-state index in [1.165, 1.54) is 16.4 Å². The van der Waals surface area contributed by atoms with Gasteiger partial charge in [0.15, 0.2) is 0 Å². The van der Waals surface area contributed by atoms with Gasteiger partial charge >= 0.3 is 0 Å². The molecule has 0 saturated carbocycles. The summed E-state index contributed by atoms with van der Waals surface area (Å²) in [7, 11) is -3.58. The van der Waals surface area contributed by atoms with Crippen molar-refractivity contribution < 1.29 is 13.2 Å². The van der Waals surface area contributed by atoms with Gasteiger partial charge in [-0.3, -0.25) is 4.79 Å². The van der Waals surface area contributed by atoms with Crippen molar-refractivity contribution in [3.05, 3.63) is 29.8 Å². The molecule has 0 heterocycles. The van der Waals surface area contributed by atoms with Gasteiger partial charge < -0.3 is 11.1 Å². The second-order valence-corrected chi connectivity index (χ2v) is 7.60. The number of nitrogens with one attached hydrogen (secondary N) is 1. The van der Waals surface area contributed by atoms with E-state index in [0.29, 0.717) is 25.2 Å². The Balaban J connectivity index is 2.97. The number of nitrogens with two attached hydrogens (primary N) is 1. The molecule has 1 atom stereocenters. The highest BCUT2D eigenvalue weighted by molar-refractivity contribution is 7.89. The summed E-state index contributed by atoms with van der Waals surface area (Å²) < 4.78 is 26.5. The molecule has 1 aromatic carbocycles. The highest BCUT2D eigenvalue weighted by Crippen LogP contribution is 2.17. The molecule has 0 aliphatic heterocycles. The molecule has 24 heavy (non-hydrogen) atoms. The predicted molar refractivity (Wildman–Crippen MR) is 96.4 cm³/mol. The van der Waals surface area contributed by atoms with Crippen LogP contribution >= 0.6 is 0 Å². The highest BCUT2D eigenvalue weighted by atomic mass is 32.2. The van der Waals surface area contributed by atoms with Crippen LogP contribution in [0.4, 0.5) is 0 Å². The monoisotopic (exact) mass is 355 g/mol. The number of nitrogens with zero attached hydrogens (tertiary/aromatic N) is 1. The van der Waals surface area contributed by atoms with Gasteiger partial charge in [0.2, 0.25) is 10.0 Å². The van der Waals surface area contributed by atoms with E-state index < -0.39 is 10.0 Å². The fourth-order valence-electron chi connectivity index (χ4n) is 2.48. The molecular formula is C17H29N3O3S. The fraction of sp³-hybridized carbons (Fsp3) is 0.588. The summed E-state index contributed by atoms with van der Waals surface area (Å²) in [5.74, 6) is -0.293. The first-order chi connectivity index (χ1) is 11.4. The largest absolute Gasteiger partial charge is 0.348 e. The van der Waals surface area contributed by atoms with Crippen molar-refractivity contribution in [1.82, 2.24) is 9.62 Å². The third kappa shape index (κ3) is 5.29. The Hall–Kier alpha value is -1.44. The zero-order valence-corrected chi connectivity index (χ0v) is 15.6. The summed E-state index contributed by atoms with van der Waals surface area (Å²) in [6.45, 7) is 6.80. The Kier molecular flexibility index (Phi) is 8.38. The Morgan fingerprint density at radius 1 is 1.25 bits per heavy atom. The number of unbranched alkanes of at least 4 members (excludes halogenated alkanes) is 1. The molecule has 136 valence electrons. The van der Waals surface area contributed by atoms with Crippen molar-refractivity contribution in [3.63, 3.8) is 0 Å². The van der Waals surface area contributed by atoms with Gasteiger partial charge in [0.1, 0.15) is 0 Å². The number of amides is 1. The van der Waals surface area contributed by atoms with Crippen LogP contribution in [0.25, 0.3) is 0 Å². The average molecular weight is 356 g/mol. The van der Waals surface area contributed by atoms with Crippen LogP contribution in [-0.2, 0) is 10.0 Å². The van der Waals surface area contributed by atoms with E-state index in [1.807, 2.05) is 0 Å². The Labute approximate surface area is 145 Å². The molecule has 1 unspecified atom stereocenters. The molecule has 0 radical (unpaired) electrons. The molecule has 0 aliphatic carbocycles. The fourth-order valence-corrected chi connectivity index (χ4v) is 3.98. The van der Waals surface area contributed by atoms with Gasteiger partial charge in [0, 0.05) is 31.2 Å². The lowest BCUT2D eigenvalue weighted by atomic mass is 10.1. The minimum Gasteiger partial charge on any atom is -0.348 e. The van der Waals surface area contributed by atoms with Crippen LogP contribution in [0.3, 0.4) is 0 Å². The zero-order valence-electron chi connectivity index (χ0n) is 14.8. The van der Waals surface area contributed by atoms with Crippen LogP contribution in [0.15, 0.2) is 29.2 Å². The number of rotatable bonds is 10. The lowest BCUT2D eigenvalue weighted by Crippen LogP contribution is -2.40. The van der Waals surface area contributed by atoms with E-state index in [1.54, 1.807) is 26.0 Å². The SMILES string of the molecule is CCCCC(CN)NC(=O)c1cccc(S(=O)(=O)N(CC)CC)c1. The standard InChI is InChI=1S/C17H29N3O3S/c1-4-7-10-15(13-18)19-17(21)14-9-8-11-16(12-14)24(22,23)20(5-2)6-3/h8-9,11-12,15H,4-7,10,13,18H2,1-3H3,(H,19,21). The van der Waals surface area contributed by atoms with Crippen molar-refractivity contribution in [2.75, 3.05) is 19.6 Å². The van der Waals surface area contributed by atoms with Crippen LogP contribution in [0.5, 0.6) is 0 Å². The maximum Gasteiger partial charge on any atom is 0.251 e. The van der Waals surface area contributed by atoms with E-state index in [2.05, 4.69) is 12.2 Å². The number of carbonyl (C=O) groups is 1. The predicted octanol–water partition coefficient (Wildman–Crippen LogP) is 1.96. The van der Waals surface area contributed by atoms with Crippen molar-refractivity contribution in [2.45, 2.75) is 51.0 Å². The third-order valence-corrected chi connectivity index (χ3v) is 6.01. The van der Waals surface area contributed by atoms with Crippen molar-refractivity contribution in [1.29, 1.82) is 0 Å². The van der Waals surface area contributed by atoms with Crippen LogP contribution in [0.2, 0.25) is 0 Å². The quantitative estimate of drug-likeness (QED) is 0.671. The Bertz CT molecular complexity index is 628. The van der Waals surface area contributed by atoms with Crippen LogP contribution < -0.4 is 11.1 Å². The molecule has 0 saturated heterocycles. The van der Waals surface area contributed by atoms with E-state index >= 15 is 0 Å². The van der Waals surface area contributed by atoms with Gasteiger partial charge in [-0.15, -0.1) is 0 Å². The van der Waals surface area contributed by atoms with Crippen LogP contribution in [0.1, 0.15) is 50.4 Å². The molecule has 7 heteroatoms. The van der Waals surface area contributed by atoms with Gasteiger partial charge in [0.25, 0.3) is 5.91 Å². The highest BCUT2D eigenvalue weighted by Gasteiger charge is 2.22. The van der Waals surface area contributed by atoms with E-state index in [9.17, 15) is 13.2 Å². The second-order valence-electron chi connectivity index (χ2n) is 5.67. The minimum atomic E-state index is -3.58. The van der Waals surface area contributed by atoms with E-state index in [0.717, 1.165) is 19.3 Å². The van der Waals surface area contributed by atoms with Gasteiger partial charge in [-0.25, -0.2) is 8.42 Å². The second kappa shape index (κ2) is 9.76. The maximum atomic E-state index is 12.6. The lowest BCUT2D eigenvalue weighted by molar-refractivity contribution is 0.0935. The summed E-state index contributed by atoms with van der Waals surface area (Å²) in [5.41, 5.74) is 6.03. The summed E-state index contributed by atoms with van der Waals surface area (Å²) >= 11 is 0. The maximum absolute atomic E-state index is 12.6. The van der Waals surface area contributed by atoms with Gasteiger partial charge in [-0.05, 0) is 24.6 Å². The average Bonchev–Trinajstić information content (AvgIpc) is 2.59. The Morgan fingerprint density at radius 3 is 2.46 bits per heavy atom. The minimum absolute atomic E-state index is 0.0968. The summed E-state index contributed by atoms with van der Waals surface area (Å²) in [5, 5.41) is 2.88. The molecule has 1 aromatic rings. The molecule has 0 spiro atoms. The summed E-state index contributed by atoms with van der Waals surface area (Å²) in [6.07, 6.45) is 2.83. The number of sulfonamides is 1. The normalized spacial score (nSPS) is 13.0. The van der Waals surface area contributed by atoms with Gasteiger partial charge in [-0.2, -0.15) is 4.31 Å². The van der Waals surface area contributed by atoms with E-state index in [4.69, 9.17) is 5.73 Å². The van der Waals surface area contributed by atoms with Crippen LogP contribution in [-0.4, -0.2) is 44.3 Å². The lowest BCUT2D eigenvalue weighted by Gasteiger charge is -2.19. The summed E-state index contributed by atoms with van der Waals surface area (Å²) in [6, 6.07) is 6.05. The van der Waals surface area contributed by atoms with Gasteiger partial charge in [0.05, 0.1) is 4.90 Å². The first-order valence-electron chi connectivity index (χ1n) is 8.51. The molecular weight excluding hydrogens is 326 g/mol. The smallest absolute Gasteiger partial charge is 0.251 e. The number of hydrogen-bond acceptors (Lipinski definition) is 4. The molecule has 1 amide bonds. The van der Waals surface area contributed by atoms with Crippen molar-refractivity contribution in [2.24, 2.45) is 5.73 Å². The van der Waals surface area contributed by atoms with Crippen molar-refractivity contribution in [3.8, 4) is 0 Å². The molecule has 1 rings (SSSR count). The van der Waals surface area contributed by atoms with E-state index in [-0.39, 0.29) is 16.8 Å². The molecule has 0 aromatic heterocycles.